The number of sulfonamides is 1. The minimum absolute atomic E-state index is 0.0176. The topological polar surface area (TPSA) is 91.9 Å². The summed E-state index contributed by atoms with van der Waals surface area (Å²) in [6, 6.07) is 5.68. The van der Waals surface area contributed by atoms with Gasteiger partial charge in [0.1, 0.15) is 4.83 Å². The van der Waals surface area contributed by atoms with E-state index in [4.69, 9.17) is 23.2 Å². The minimum atomic E-state index is -3.74. The van der Waals surface area contributed by atoms with Crippen molar-refractivity contribution in [1.29, 1.82) is 0 Å². The third-order valence-electron chi connectivity index (χ3n) is 3.02. The van der Waals surface area contributed by atoms with Gasteiger partial charge in [0.2, 0.25) is 10.0 Å². The van der Waals surface area contributed by atoms with Gasteiger partial charge in [-0.15, -0.1) is 11.3 Å². The van der Waals surface area contributed by atoms with E-state index in [1.54, 1.807) is 6.07 Å². The first-order chi connectivity index (χ1) is 10.9. The Balaban J connectivity index is 1.84. The fourth-order valence-corrected chi connectivity index (χ4v) is 4.32. The number of halogens is 2. The second kappa shape index (κ2) is 6.21. The summed E-state index contributed by atoms with van der Waals surface area (Å²) in [5.74, 6) is 0. The van der Waals surface area contributed by atoms with Crippen LogP contribution in [0.2, 0.25) is 10.0 Å². The Hall–Kier alpha value is -1.45. The maximum Gasteiger partial charge on any atom is 0.259 e. The standard InChI is InChI=1S/C13H9Cl2N3O3S2/c14-10-2-1-8(4-11(10)15)23(20,21)18-5-7-3-9-12(19)16-6-17-13(9)22-7/h1-4,6,18H,5H2,(H,16,17,19). The van der Waals surface area contributed by atoms with Crippen LogP contribution in [0.3, 0.4) is 0 Å². The van der Waals surface area contributed by atoms with Gasteiger partial charge in [-0.25, -0.2) is 18.1 Å². The predicted octanol–water partition coefficient (Wildman–Crippen LogP) is 2.77. The Morgan fingerprint density at radius 3 is 2.70 bits per heavy atom. The second-order valence-electron chi connectivity index (χ2n) is 4.56. The normalized spacial score (nSPS) is 11.9. The number of rotatable bonds is 4. The first kappa shape index (κ1) is 16.4. The van der Waals surface area contributed by atoms with Crippen LogP contribution >= 0.6 is 34.5 Å². The van der Waals surface area contributed by atoms with Gasteiger partial charge in [-0.05, 0) is 24.3 Å². The molecule has 0 bridgehead atoms. The van der Waals surface area contributed by atoms with E-state index in [1.165, 1.54) is 35.9 Å². The quantitative estimate of drug-likeness (QED) is 0.717. The van der Waals surface area contributed by atoms with Crippen molar-refractivity contribution >= 4 is 54.8 Å². The Kier molecular flexibility index (Phi) is 4.43. The van der Waals surface area contributed by atoms with Crippen molar-refractivity contribution in [2.45, 2.75) is 11.4 Å². The zero-order valence-corrected chi connectivity index (χ0v) is 14.5. The molecule has 0 saturated carbocycles. The molecule has 0 atom stereocenters. The molecule has 2 heterocycles. The first-order valence-electron chi connectivity index (χ1n) is 6.27. The number of nitrogens with one attached hydrogen (secondary N) is 2. The number of hydrogen-bond acceptors (Lipinski definition) is 5. The minimum Gasteiger partial charge on any atom is -0.313 e. The lowest BCUT2D eigenvalue weighted by Crippen LogP contribution is -2.22. The molecule has 1 aromatic carbocycles. The molecular weight excluding hydrogens is 381 g/mol. The van der Waals surface area contributed by atoms with Gasteiger partial charge in [-0.1, -0.05) is 23.2 Å². The van der Waals surface area contributed by atoms with Crippen LogP contribution in [0.15, 0.2) is 40.3 Å². The van der Waals surface area contributed by atoms with Crippen LogP contribution in [0.1, 0.15) is 4.88 Å². The predicted molar refractivity (Wildman–Crippen MR) is 90.7 cm³/mol. The molecule has 2 aromatic heterocycles. The highest BCUT2D eigenvalue weighted by atomic mass is 35.5. The van der Waals surface area contributed by atoms with Crippen LogP contribution in [0.5, 0.6) is 0 Å². The second-order valence-corrected chi connectivity index (χ2v) is 8.26. The fraction of sp³-hybridized carbons (Fsp3) is 0.0769. The number of aromatic nitrogens is 2. The Labute approximate surface area is 145 Å². The molecule has 23 heavy (non-hydrogen) atoms. The number of thiophene rings is 1. The Morgan fingerprint density at radius 1 is 1.22 bits per heavy atom. The van der Waals surface area contributed by atoms with Gasteiger partial charge >= 0.3 is 0 Å². The van der Waals surface area contributed by atoms with Gasteiger partial charge < -0.3 is 4.98 Å². The molecule has 0 saturated heterocycles. The highest BCUT2D eigenvalue weighted by Crippen LogP contribution is 2.25. The van der Waals surface area contributed by atoms with Crippen molar-refractivity contribution in [3.8, 4) is 0 Å². The van der Waals surface area contributed by atoms with Crippen LogP contribution in [0, 0.1) is 0 Å². The number of nitrogens with zero attached hydrogens (tertiary/aromatic N) is 1. The monoisotopic (exact) mass is 389 g/mol. The molecule has 120 valence electrons. The molecule has 10 heteroatoms. The summed E-state index contributed by atoms with van der Waals surface area (Å²) in [6.07, 6.45) is 1.31. The lowest BCUT2D eigenvalue weighted by atomic mass is 10.3. The Bertz CT molecular complexity index is 1040. The smallest absolute Gasteiger partial charge is 0.259 e. The molecule has 2 N–H and O–H groups in total. The molecule has 0 spiro atoms. The summed E-state index contributed by atoms with van der Waals surface area (Å²) in [5, 5.41) is 0.869. The van der Waals surface area contributed by atoms with E-state index in [0.717, 1.165) is 0 Å². The average Bonchev–Trinajstić information content (AvgIpc) is 2.93. The van der Waals surface area contributed by atoms with E-state index >= 15 is 0 Å². The first-order valence-corrected chi connectivity index (χ1v) is 9.33. The van der Waals surface area contributed by atoms with Crippen LogP contribution in [0.4, 0.5) is 0 Å². The maximum atomic E-state index is 12.3. The molecule has 0 amide bonds. The fourth-order valence-electron chi connectivity index (χ4n) is 1.90. The van der Waals surface area contributed by atoms with Crippen molar-refractivity contribution in [1.82, 2.24) is 14.7 Å². The third kappa shape index (κ3) is 3.41. The number of H-pyrrole nitrogens is 1. The van der Waals surface area contributed by atoms with Crippen molar-refractivity contribution in [2.24, 2.45) is 0 Å². The van der Waals surface area contributed by atoms with E-state index in [0.29, 0.717) is 15.1 Å². The van der Waals surface area contributed by atoms with Gasteiger partial charge in [0.25, 0.3) is 5.56 Å². The Morgan fingerprint density at radius 2 is 2.00 bits per heavy atom. The average molecular weight is 390 g/mol. The lowest BCUT2D eigenvalue weighted by Gasteiger charge is -2.06. The molecule has 0 aliphatic rings. The van der Waals surface area contributed by atoms with Crippen LogP contribution < -0.4 is 10.3 Å². The number of benzene rings is 1. The van der Waals surface area contributed by atoms with Crippen molar-refractivity contribution in [2.75, 3.05) is 0 Å². The molecule has 0 aliphatic carbocycles. The van der Waals surface area contributed by atoms with Gasteiger partial charge in [0, 0.05) is 11.4 Å². The maximum absolute atomic E-state index is 12.3. The third-order valence-corrected chi connectivity index (χ3v) is 6.20. The number of fused-ring (bicyclic) bond motifs is 1. The summed E-state index contributed by atoms with van der Waals surface area (Å²) in [7, 11) is -3.74. The van der Waals surface area contributed by atoms with E-state index in [-0.39, 0.29) is 27.0 Å². The van der Waals surface area contributed by atoms with Crippen LogP contribution in [-0.2, 0) is 16.6 Å². The van der Waals surface area contributed by atoms with Crippen LogP contribution in [-0.4, -0.2) is 18.4 Å². The summed E-state index contributed by atoms with van der Waals surface area (Å²) < 4.78 is 27.0. The molecule has 3 aromatic rings. The van der Waals surface area contributed by atoms with Crippen molar-refractivity contribution in [3.63, 3.8) is 0 Å². The van der Waals surface area contributed by atoms with Gasteiger partial charge in [0.05, 0.1) is 26.7 Å². The zero-order chi connectivity index (χ0) is 16.6. The van der Waals surface area contributed by atoms with Crippen molar-refractivity contribution in [3.05, 3.63) is 55.9 Å². The largest absolute Gasteiger partial charge is 0.313 e. The molecule has 6 nitrogen and oxygen atoms in total. The molecule has 3 rings (SSSR count). The van der Waals surface area contributed by atoms with E-state index < -0.39 is 10.0 Å². The molecular formula is C13H9Cl2N3O3S2. The van der Waals surface area contributed by atoms with Gasteiger partial charge in [-0.2, -0.15) is 0 Å². The number of aromatic amines is 1. The lowest BCUT2D eigenvalue weighted by molar-refractivity contribution is 0.582. The summed E-state index contributed by atoms with van der Waals surface area (Å²) in [6.45, 7) is 0.0447. The number of hydrogen-bond donors (Lipinski definition) is 2. The van der Waals surface area contributed by atoms with E-state index in [2.05, 4.69) is 14.7 Å². The summed E-state index contributed by atoms with van der Waals surface area (Å²) in [5.41, 5.74) is -0.259. The molecule has 0 aliphatic heterocycles. The van der Waals surface area contributed by atoms with Crippen molar-refractivity contribution < 1.29 is 8.42 Å². The van der Waals surface area contributed by atoms with Gasteiger partial charge in [0.15, 0.2) is 0 Å². The summed E-state index contributed by atoms with van der Waals surface area (Å²) >= 11 is 12.9. The van der Waals surface area contributed by atoms with Crippen LogP contribution in [0.25, 0.3) is 10.2 Å². The SMILES string of the molecule is O=c1[nH]cnc2sc(CNS(=O)(=O)c3ccc(Cl)c(Cl)c3)cc12. The van der Waals surface area contributed by atoms with Gasteiger partial charge in [-0.3, -0.25) is 4.79 Å². The van der Waals surface area contributed by atoms with E-state index in [1.807, 2.05) is 0 Å². The molecule has 0 radical (unpaired) electrons. The summed E-state index contributed by atoms with van der Waals surface area (Å²) in [4.78, 5) is 19.4. The molecule has 0 fully saturated rings. The highest BCUT2D eigenvalue weighted by Gasteiger charge is 2.16. The molecule has 0 unspecified atom stereocenters. The highest BCUT2D eigenvalue weighted by molar-refractivity contribution is 7.89. The zero-order valence-electron chi connectivity index (χ0n) is 11.3. The van der Waals surface area contributed by atoms with E-state index in [9.17, 15) is 13.2 Å².